The molecule has 326 valence electrons. The van der Waals surface area contributed by atoms with Gasteiger partial charge in [-0.3, -0.25) is 0 Å². The molecule has 65 heavy (non-hydrogen) atoms. The van der Waals surface area contributed by atoms with Crippen LogP contribution in [-0.2, 0) is 30.7 Å². The fraction of sp³-hybridized carbons (Fsp3) is 0.127. The van der Waals surface area contributed by atoms with E-state index in [2.05, 4.69) is 72.8 Å². The first-order chi connectivity index (χ1) is 31.2. The number of rotatable bonds is 13. The average Bonchev–Trinajstić information content (AvgIpc) is 3.63. The van der Waals surface area contributed by atoms with E-state index in [1.54, 1.807) is 72.8 Å². The van der Waals surface area contributed by atoms with Crippen molar-refractivity contribution in [1.29, 1.82) is 0 Å². The highest BCUT2D eigenvalue weighted by Gasteiger charge is 2.46. The molecule has 0 heterocycles. The Morgan fingerprint density at radius 1 is 0.523 bits per heavy atom. The van der Waals surface area contributed by atoms with Crippen LogP contribution in [0.4, 0.5) is 0 Å². The number of hydrogen-bond acceptors (Lipinski definition) is 6. The van der Waals surface area contributed by atoms with E-state index in [0.717, 1.165) is 44.5 Å². The van der Waals surface area contributed by atoms with Gasteiger partial charge in [0.15, 0.2) is 0 Å². The predicted octanol–water partition coefficient (Wildman–Crippen LogP) is 14.2. The first-order valence-electron chi connectivity index (χ1n) is 21.2. The summed E-state index contributed by atoms with van der Waals surface area (Å²) in [6.45, 7) is 5.90. The Morgan fingerprint density at radius 2 is 0.908 bits per heavy atom. The van der Waals surface area contributed by atoms with Crippen molar-refractivity contribution in [3.05, 3.63) is 233 Å². The van der Waals surface area contributed by atoms with Crippen molar-refractivity contribution in [2.75, 3.05) is 0 Å². The van der Waals surface area contributed by atoms with Crippen LogP contribution < -0.4 is 9.47 Å². The molecule has 0 N–H and O–H groups in total. The van der Waals surface area contributed by atoms with Crippen LogP contribution in [-0.4, -0.2) is 16.8 Å². The Morgan fingerprint density at radius 3 is 1.35 bits per heavy atom. The summed E-state index contributed by atoms with van der Waals surface area (Å²) in [7, 11) is -7.47. The lowest BCUT2D eigenvalue weighted by Crippen LogP contribution is -2.29. The standard InChI is InChI=1S/C55H44Cl2O6S2/c1-4-54(3,39-19-31-47(32-20-39)65(60,61)48-33-21-42(57)22-34-48)63-45-25-17-41(18-26-45)55(52-11-7-5-9-50(52)51-10-6-8-12-53(51)55)40-15-23-43(24-16-40)62-44-27-35-49(36-28-44)64(58,59)46-29-13-38(14-30-46)37(2)56/h5-37H,4H2,1-3H3. The molecule has 0 spiro atoms. The average molecular weight is 936 g/mol. The summed E-state index contributed by atoms with van der Waals surface area (Å²) in [5, 5.41) is 0.247. The van der Waals surface area contributed by atoms with Crippen molar-refractivity contribution in [2.45, 2.75) is 63.2 Å². The van der Waals surface area contributed by atoms with E-state index in [-0.39, 0.29) is 25.0 Å². The number of hydrogen-bond donors (Lipinski definition) is 0. The Kier molecular flexibility index (Phi) is 11.7. The molecule has 8 aromatic carbocycles. The molecule has 6 nitrogen and oxygen atoms in total. The number of halogens is 2. The summed E-state index contributed by atoms with van der Waals surface area (Å²) in [5.41, 5.74) is 6.97. The monoisotopic (exact) mass is 934 g/mol. The van der Waals surface area contributed by atoms with E-state index in [1.165, 1.54) is 12.1 Å². The fourth-order valence-electron chi connectivity index (χ4n) is 8.77. The summed E-state index contributed by atoms with van der Waals surface area (Å²) in [6.07, 6.45) is 0.629. The van der Waals surface area contributed by atoms with Gasteiger partial charge in [-0.2, -0.15) is 0 Å². The van der Waals surface area contributed by atoms with Crippen LogP contribution in [0.25, 0.3) is 11.1 Å². The van der Waals surface area contributed by atoms with Crippen LogP contribution in [0.5, 0.6) is 17.2 Å². The first kappa shape index (κ1) is 44.1. The van der Waals surface area contributed by atoms with E-state index in [4.69, 9.17) is 32.7 Å². The number of sulfone groups is 2. The molecule has 9 rings (SSSR count). The van der Waals surface area contributed by atoms with E-state index < -0.39 is 30.7 Å². The molecule has 2 unspecified atom stereocenters. The number of fused-ring (bicyclic) bond motifs is 3. The molecule has 10 heteroatoms. The van der Waals surface area contributed by atoms with Crippen molar-refractivity contribution in [3.63, 3.8) is 0 Å². The fourth-order valence-corrected chi connectivity index (χ4v) is 11.6. The summed E-state index contributed by atoms with van der Waals surface area (Å²) in [5.74, 6) is 1.78. The van der Waals surface area contributed by atoms with Gasteiger partial charge in [-0.05, 0) is 162 Å². The zero-order chi connectivity index (χ0) is 45.6. The molecule has 0 saturated carbocycles. The number of alkyl halides is 1. The highest BCUT2D eigenvalue weighted by atomic mass is 35.5. The lowest BCUT2D eigenvalue weighted by atomic mass is 9.67. The van der Waals surface area contributed by atoms with Gasteiger partial charge in [0, 0.05) is 5.02 Å². The normalized spacial score (nSPS) is 14.4. The molecule has 0 radical (unpaired) electrons. The highest BCUT2D eigenvalue weighted by Crippen LogP contribution is 2.56. The summed E-state index contributed by atoms with van der Waals surface area (Å²) < 4.78 is 66.6. The minimum Gasteiger partial charge on any atom is -0.483 e. The van der Waals surface area contributed by atoms with Gasteiger partial charge in [-0.15, -0.1) is 11.6 Å². The third kappa shape index (κ3) is 8.03. The third-order valence-corrected chi connectivity index (χ3v) is 16.5. The maximum Gasteiger partial charge on any atom is 0.206 e. The van der Waals surface area contributed by atoms with Crippen molar-refractivity contribution >= 4 is 42.9 Å². The molecule has 8 aromatic rings. The van der Waals surface area contributed by atoms with Gasteiger partial charge in [0.2, 0.25) is 19.7 Å². The second-order valence-corrected chi connectivity index (χ2v) is 21.3. The van der Waals surface area contributed by atoms with Gasteiger partial charge >= 0.3 is 0 Å². The maximum absolute atomic E-state index is 13.4. The Hall–Kier alpha value is -6.16. The van der Waals surface area contributed by atoms with E-state index in [0.29, 0.717) is 28.7 Å². The van der Waals surface area contributed by atoms with Crippen LogP contribution in [0, 0.1) is 0 Å². The largest absolute Gasteiger partial charge is 0.483 e. The lowest BCUT2D eigenvalue weighted by Gasteiger charge is -2.34. The van der Waals surface area contributed by atoms with Gasteiger partial charge < -0.3 is 9.47 Å². The molecule has 0 bridgehead atoms. The topological polar surface area (TPSA) is 86.7 Å². The van der Waals surface area contributed by atoms with Crippen LogP contribution in [0.15, 0.2) is 214 Å². The molecule has 0 amide bonds. The zero-order valence-corrected chi connectivity index (χ0v) is 38.9. The maximum atomic E-state index is 13.4. The second-order valence-electron chi connectivity index (χ2n) is 16.3. The molecule has 2 atom stereocenters. The summed E-state index contributed by atoms with van der Waals surface area (Å²) in [4.78, 5) is 0.733. The minimum atomic E-state index is -3.74. The zero-order valence-electron chi connectivity index (χ0n) is 35.8. The summed E-state index contributed by atoms with van der Waals surface area (Å²) in [6, 6.07) is 59.5. The van der Waals surface area contributed by atoms with Crippen LogP contribution in [0.3, 0.4) is 0 Å². The quantitative estimate of drug-likeness (QED) is 0.107. The Balaban J connectivity index is 1.00. The predicted molar refractivity (Wildman–Crippen MR) is 258 cm³/mol. The van der Waals surface area contributed by atoms with E-state index >= 15 is 0 Å². The molecular formula is C55H44Cl2O6S2. The van der Waals surface area contributed by atoms with Crippen molar-refractivity contribution in [1.82, 2.24) is 0 Å². The van der Waals surface area contributed by atoms with Crippen molar-refractivity contribution in [2.24, 2.45) is 0 Å². The molecule has 0 aromatic heterocycles. The van der Waals surface area contributed by atoms with Gasteiger partial charge in [-0.25, -0.2) is 16.8 Å². The van der Waals surface area contributed by atoms with E-state index in [9.17, 15) is 16.8 Å². The number of benzene rings is 8. The third-order valence-electron chi connectivity index (χ3n) is 12.5. The van der Waals surface area contributed by atoms with Gasteiger partial charge in [-0.1, -0.05) is 116 Å². The van der Waals surface area contributed by atoms with Crippen molar-refractivity contribution in [3.8, 4) is 28.4 Å². The van der Waals surface area contributed by atoms with Crippen LogP contribution in [0.2, 0.25) is 5.02 Å². The second kappa shape index (κ2) is 17.3. The minimum absolute atomic E-state index is 0.167. The highest BCUT2D eigenvalue weighted by molar-refractivity contribution is 7.91. The lowest BCUT2D eigenvalue weighted by molar-refractivity contribution is 0.0825. The molecule has 1 aliphatic carbocycles. The molecule has 0 fully saturated rings. The smallest absolute Gasteiger partial charge is 0.206 e. The van der Waals surface area contributed by atoms with E-state index in [1.807, 2.05) is 57.2 Å². The Bertz CT molecular complexity index is 3180. The van der Waals surface area contributed by atoms with Crippen molar-refractivity contribution < 1.29 is 26.3 Å². The SMILES string of the molecule is CCC(C)(Oc1ccc(C2(c3ccc(Oc4ccc(S(=O)(=O)c5ccc(C(C)Cl)cc5)cc4)cc3)c3ccccc3-c3ccccc32)cc1)c1ccc(S(=O)(=O)c2ccc(Cl)cc2)cc1. The van der Waals surface area contributed by atoms with Gasteiger partial charge in [0.05, 0.1) is 30.4 Å². The van der Waals surface area contributed by atoms with Gasteiger partial charge in [0.25, 0.3) is 0 Å². The summed E-state index contributed by atoms with van der Waals surface area (Å²) >= 11 is 12.2. The molecule has 0 saturated heterocycles. The molecule has 1 aliphatic rings. The molecular weight excluding hydrogens is 892 g/mol. The van der Waals surface area contributed by atoms with Crippen LogP contribution >= 0.6 is 23.2 Å². The Labute approximate surface area is 390 Å². The van der Waals surface area contributed by atoms with Crippen LogP contribution in [0.1, 0.15) is 65.9 Å². The molecule has 0 aliphatic heterocycles. The number of ether oxygens (including phenoxy) is 2. The van der Waals surface area contributed by atoms with Gasteiger partial charge in [0.1, 0.15) is 22.8 Å². The first-order valence-corrected chi connectivity index (χ1v) is 25.0.